The van der Waals surface area contributed by atoms with Gasteiger partial charge in [0.15, 0.2) is 0 Å². The van der Waals surface area contributed by atoms with Crippen LogP contribution in [0, 0.1) is 23.7 Å². The van der Waals surface area contributed by atoms with Crippen molar-refractivity contribution in [1.29, 1.82) is 0 Å². The van der Waals surface area contributed by atoms with Crippen molar-refractivity contribution in [2.75, 3.05) is 38.3 Å². The minimum atomic E-state index is -1.49. The van der Waals surface area contributed by atoms with E-state index in [1.165, 1.54) is 19.2 Å². The Morgan fingerprint density at radius 2 is 1.32 bits per heavy atom. The van der Waals surface area contributed by atoms with Crippen LogP contribution in [0.1, 0.15) is 43.5 Å². The highest BCUT2D eigenvalue weighted by molar-refractivity contribution is 6.16. The molecule has 0 bridgehead atoms. The van der Waals surface area contributed by atoms with E-state index < -0.39 is 47.9 Å². The monoisotopic (exact) mass is 855 g/mol. The normalized spacial score (nSPS) is 15.9. The van der Waals surface area contributed by atoms with Crippen LogP contribution in [0.2, 0.25) is 0 Å². The van der Waals surface area contributed by atoms with E-state index in [1.54, 1.807) is 41.3 Å². The molecule has 330 valence electrons. The molecule has 5 aromatic carbocycles. The first kappa shape index (κ1) is 50.1. The molecular weight excluding hydrogens is 799 g/mol. The summed E-state index contributed by atoms with van der Waals surface area (Å²) in [5, 5.41) is 15.7. The molecule has 0 spiro atoms. The third-order valence-corrected chi connectivity index (χ3v) is 9.38. The highest BCUT2D eigenvalue weighted by Crippen LogP contribution is 2.46. The van der Waals surface area contributed by atoms with Gasteiger partial charge in [0, 0.05) is 31.8 Å². The van der Waals surface area contributed by atoms with Crippen LogP contribution in [0.4, 0.5) is 15.3 Å². The number of carbonyl (C=O) groups is 5. The summed E-state index contributed by atoms with van der Waals surface area (Å²) < 4.78 is 10.9. The van der Waals surface area contributed by atoms with E-state index in [1.807, 2.05) is 124 Å². The number of ether oxygens (including phenoxy) is 2. The first-order valence-corrected chi connectivity index (χ1v) is 20.6. The van der Waals surface area contributed by atoms with Gasteiger partial charge in [-0.1, -0.05) is 141 Å². The summed E-state index contributed by atoms with van der Waals surface area (Å²) in [5.41, 5.74) is 7.10. The Morgan fingerprint density at radius 1 is 0.778 bits per heavy atom. The van der Waals surface area contributed by atoms with Gasteiger partial charge in [0.05, 0.1) is 43.3 Å². The number of nitrogens with two attached hydrogens (primary N) is 1. The molecule has 5 N–H and O–H groups in total. The van der Waals surface area contributed by atoms with Crippen molar-refractivity contribution in [2.45, 2.75) is 39.4 Å². The number of carboxylic acid groups (broad SMARTS) is 1. The maximum Gasteiger partial charge on any atom is 0.329 e. The van der Waals surface area contributed by atoms with E-state index in [2.05, 4.69) is 22.5 Å². The number of anilines is 1. The van der Waals surface area contributed by atoms with E-state index >= 15 is 0 Å². The van der Waals surface area contributed by atoms with Crippen molar-refractivity contribution in [3.05, 3.63) is 168 Å². The molecule has 0 saturated carbocycles. The number of imide groups is 1. The number of aldehydes is 1. The largest absolute Gasteiger partial charge is 0.494 e. The maximum atomic E-state index is 14.8. The van der Waals surface area contributed by atoms with E-state index in [4.69, 9.17) is 15.2 Å². The molecule has 1 fully saturated rings. The smallest absolute Gasteiger partial charge is 0.329 e. The lowest BCUT2D eigenvalue weighted by Crippen LogP contribution is -2.49. The Bertz CT molecular complexity index is 2080. The minimum Gasteiger partial charge on any atom is -0.494 e. The topological polar surface area (TPSA) is 181 Å². The molecule has 63 heavy (non-hydrogen) atoms. The average Bonchev–Trinajstić information content (AvgIpc) is 3.67. The number of methoxy groups -OCH3 is 1. The predicted octanol–water partition coefficient (Wildman–Crippen LogP) is 7.34. The van der Waals surface area contributed by atoms with Crippen LogP contribution in [0.3, 0.4) is 0 Å². The van der Waals surface area contributed by atoms with Gasteiger partial charge in [-0.3, -0.25) is 14.5 Å². The van der Waals surface area contributed by atoms with Gasteiger partial charge in [-0.2, -0.15) is 0 Å². The fourth-order valence-electron chi connectivity index (χ4n) is 6.66. The van der Waals surface area contributed by atoms with Gasteiger partial charge in [0.2, 0.25) is 5.91 Å². The molecule has 6 rings (SSSR count). The van der Waals surface area contributed by atoms with Gasteiger partial charge in [0.1, 0.15) is 12.0 Å². The summed E-state index contributed by atoms with van der Waals surface area (Å²) in [7, 11) is 1.48. The summed E-state index contributed by atoms with van der Waals surface area (Å²) in [6.45, 7) is 6.68. The third kappa shape index (κ3) is 15.9. The number of aliphatic carboxylic acids is 1. The third-order valence-electron chi connectivity index (χ3n) is 9.38. The van der Waals surface area contributed by atoms with Crippen LogP contribution in [0.25, 0.3) is 0 Å². The van der Waals surface area contributed by atoms with Gasteiger partial charge >= 0.3 is 18.0 Å². The molecule has 2 unspecified atom stereocenters. The second kappa shape index (κ2) is 28.3. The van der Waals surface area contributed by atoms with Crippen LogP contribution in [-0.2, 0) is 25.7 Å². The first-order valence-electron chi connectivity index (χ1n) is 20.6. The van der Waals surface area contributed by atoms with E-state index in [0.29, 0.717) is 29.8 Å². The number of primary amides is 1. The molecule has 0 aliphatic carbocycles. The van der Waals surface area contributed by atoms with E-state index in [-0.39, 0.29) is 31.9 Å². The van der Waals surface area contributed by atoms with Crippen molar-refractivity contribution in [1.82, 2.24) is 15.5 Å². The molecule has 4 atom stereocenters. The fourth-order valence-corrected chi connectivity index (χ4v) is 6.66. The van der Waals surface area contributed by atoms with Crippen molar-refractivity contribution in [2.24, 2.45) is 17.6 Å². The molecule has 13 nitrogen and oxygen atoms in total. The Hall–Kier alpha value is -7.27. The molecule has 5 amide bonds. The summed E-state index contributed by atoms with van der Waals surface area (Å²) in [4.78, 5) is 67.8. The molecule has 0 aromatic heterocycles. The molecule has 1 aliphatic heterocycles. The van der Waals surface area contributed by atoms with Gasteiger partial charge in [-0.25, -0.2) is 14.5 Å². The number of likely N-dealkylation sites (tertiary alicyclic amines) is 1. The number of hydrogen-bond acceptors (Lipinski definition) is 8. The number of nitrogens with one attached hydrogen (secondary N) is 2. The number of benzene rings is 5. The highest BCUT2D eigenvalue weighted by atomic mass is 16.5. The minimum absolute atomic E-state index is 0.0201. The second-order valence-electron chi connectivity index (χ2n) is 13.4. The quantitative estimate of drug-likeness (QED) is 0.0697. The Kier molecular flexibility index (Phi) is 22.5. The molecule has 1 saturated heterocycles. The van der Waals surface area contributed by atoms with Crippen LogP contribution in [0.15, 0.2) is 152 Å². The molecule has 13 heteroatoms. The van der Waals surface area contributed by atoms with E-state index in [0.717, 1.165) is 10.5 Å². The lowest BCUT2D eigenvalue weighted by molar-refractivity contribution is -0.147. The zero-order valence-electron chi connectivity index (χ0n) is 36.1. The highest BCUT2D eigenvalue weighted by Gasteiger charge is 2.57. The second-order valence-corrected chi connectivity index (χ2v) is 13.4. The predicted molar refractivity (Wildman–Crippen MR) is 245 cm³/mol. The number of carbonyl (C=O) groups excluding carboxylic acids is 4. The van der Waals surface area contributed by atoms with Crippen LogP contribution in [-0.4, -0.2) is 79.7 Å². The Morgan fingerprint density at radius 3 is 1.79 bits per heavy atom. The first-order chi connectivity index (χ1) is 30.7. The molecule has 1 aliphatic rings. The summed E-state index contributed by atoms with van der Waals surface area (Å²) in [5.74, 6) is 1.16. The van der Waals surface area contributed by atoms with Crippen molar-refractivity contribution in [3.63, 3.8) is 0 Å². The van der Waals surface area contributed by atoms with E-state index in [9.17, 15) is 29.1 Å². The molecular formula is C50H57N5O8. The number of carboxylic acids is 1. The van der Waals surface area contributed by atoms with Gasteiger partial charge in [-0.05, 0) is 54.4 Å². The Balaban J connectivity index is 0.000000640. The van der Waals surface area contributed by atoms with Crippen LogP contribution < -0.4 is 26.0 Å². The summed E-state index contributed by atoms with van der Waals surface area (Å²) in [6, 6.07) is 42.6. The lowest BCUT2D eigenvalue weighted by Gasteiger charge is -2.32. The molecule has 1 heterocycles. The maximum absolute atomic E-state index is 14.8. The van der Waals surface area contributed by atoms with Gasteiger partial charge in [0.25, 0.3) is 0 Å². The number of urea groups is 2. The molecule has 0 radical (unpaired) electrons. The number of nitrogens with zero attached hydrogens (tertiary/aromatic N) is 2. The zero-order valence-corrected chi connectivity index (χ0v) is 36.1. The zero-order chi connectivity index (χ0) is 45.8. The van der Waals surface area contributed by atoms with Crippen LogP contribution >= 0.6 is 0 Å². The summed E-state index contributed by atoms with van der Waals surface area (Å²) >= 11 is 0. The number of hydrogen-bond donors (Lipinski definition) is 4. The number of amides is 5. The van der Waals surface area contributed by atoms with Crippen molar-refractivity contribution in [3.8, 4) is 17.6 Å². The summed E-state index contributed by atoms with van der Waals surface area (Å²) in [6.07, 6.45) is 0.531. The Labute approximate surface area is 370 Å². The fraction of sp³-hybridized carbons (Fsp3) is 0.260. The van der Waals surface area contributed by atoms with Gasteiger partial charge < -0.3 is 35.7 Å². The van der Waals surface area contributed by atoms with Gasteiger partial charge in [-0.15, -0.1) is 0 Å². The molecule has 5 aromatic rings. The lowest BCUT2D eigenvalue weighted by atomic mass is 9.83. The SMILES string of the molecule is CC.CCOc1ccc([C@H]2C(C(=O)N(C(=O)NCc3ccccc3)c3ccc(C#CCNC(N)=O)cc3)[C@@H](C(=O)O)C(C=O)N2CCOC)cc1.c1ccccc1.c1ccccc1. The van der Waals surface area contributed by atoms with Crippen molar-refractivity contribution < 1.29 is 38.6 Å². The number of rotatable bonds is 13. The van der Waals surface area contributed by atoms with Crippen molar-refractivity contribution >= 4 is 35.9 Å². The average molecular weight is 856 g/mol. The standard InChI is InChI=1S/C36H39N5O8.2C6H6.C2H6/c1-3-49-28-17-13-26(14-18-28)32-31(30(34(44)45)29(23-42)40(32)20-21-48-2)33(43)41(36(47)39-22-25-8-5-4-6-9-25)27-15-11-24(12-16-27)10-7-19-38-35(37)46;2*1-2-4-6-5-3-1;1-2/h4-6,8-9,11-18,23,29-32H,3,19-22H2,1-2H3,(H,39,47)(H,44,45)(H3,37,38,46);2*1-6H;1-2H3/t29?,30-,31?,32-;;;/m0.../s1. The van der Waals surface area contributed by atoms with Crippen LogP contribution in [0.5, 0.6) is 5.75 Å².